The van der Waals surface area contributed by atoms with Crippen molar-refractivity contribution in [3.8, 4) is 11.5 Å². The Balaban J connectivity index is 1.41. The van der Waals surface area contributed by atoms with Crippen molar-refractivity contribution in [3.63, 3.8) is 0 Å². The van der Waals surface area contributed by atoms with E-state index in [4.69, 9.17) is 14.5 Å². The zero-order valence-corrected chi connectivity index (χ0v) is 22.9. The molecule has 4 aromatic rings. The van der Waals surface area contributed by atoms with Gasteiger partial charge in [0.15, 0.2) is 0 Å². The molecule has 0 bridgehead atoms. The Labute approximate surface area is 216 Å². The number of hydrogen-bond donors (Lipinski definition) is 0. The van der Waals surface area contributed by atoms with Crippen LogP contribution in [-0.2, 0) is 4.74 Å². The minimum absolute atomic E-state index is 0.377. The Morgan fingerprint density at radius 3 is 2.67 bits per heavy atom. The molecule has 0 radical (unpaired) electrons. The summed E-state index contributed by atoms with van der Waals surface area (Å²) in [4.78, 5) is 15.6. The van der Waals surface area contributed by atoms with Crippen LogP contribution in [0, 0.1) is 0 Å². The molecule has 4 heterocycles. The molecule has 5 rings (SSSR count). The molecule has 1 saturated carbocycles. The van der Waals surface area contributed by atoms with E-state index in [0.29, 0.717) is 24.1 Å². The topological polar surface area (TPSA) is 86.2 Å². The number of pyridine rings is 3. The van der Waals surface area contributed by atoms with Gasteiger partial charge in [0, 0.05) is 32.9 Å². The summed E-state index contributed by atoms with van der Waals surface area (Å²) in [6, 6.07) is 10.6. The zero-order valence-electron chi connectivity index (χ0n) is 21.1. The van der Waals surface area contributed by atoms with Crippen molar-refractivity contribution in [2.45, 2.75) is 57.3 Å². The number of hydrogen-bond acceptors (Lipinski definition) is 9. The van der Waals surface area contributed by atoms with Gasteiger partial charge in [-0.05, 0) is 43.2 Å². The first-order valence-electron chi connectivity index (χ1n) is 12.5. The van der Waals surface area contributed by atoms with E-state index in [9.17, 15) is 0 Å². The zero-order chi connectivity index (χ0) is 25.0. The number of anilines is 2. The smallest absolute Gasteiger partial charge is 0.215 e. The highest BCUT2D eigenvalue weighted by Crippen LogP contribution is 2.38. The molecule has 0 unspecified atom stereocenters. The molecule has 4 aromatic heterocycles. The fourth-order valence-corrected chi connectivity index (χ4v) is 5.92. The summed E-state index contributed by atoms with van der Waals surface area (Å²) in [5.41, 5.74) is 1.53. The number of nitrogens with zero attached hydrogens (tertiary/aromatic N) is 6. The first-order chi connectivity index (χ1) is 17.4. The van der Waals surface area contributed by atoms with Gasteiger partial charge in [0.2, 0.25) is 5.13 Å². The molecule has 36 heavy (non-hydrogen) atoms. The van der Waals surface area contributed by atoms with E-state index in [2.05, 4.69) is 39.8 Å². The lowest BCUT2D eigenvalue weighted by atomic mass is 10.1. The van der Waals surface area contributed by atoms with Gasteiger partial charge in [-0.15, -0.1) is 10.2 Å². The van der Waals surface area contributed by atoms with E-state index in [1.165, 1.54) is 25.7 Å². The average Bonchev–Trinajstić information content (AvgIpc) is 3.56. The average molecular weight is 521 g/mol. The fraction of sp³-hybridized carbons (Fsp3) is 0.423. The van der Waals surface area contributed by atoms with Crippen LogP contribution >= 0.6 is 11.3 Å². The Hall–Kier alpha value is -2.95. The van der Waals surface area contributed by atoms with Gasteiger partial charge in [-0.2, -0.15) is 0 Å². The first-order valence-corrected chi connectivity index (χ1v) is 17.0. The fourth-order valence-electron chi connectivity index (χ4n) is 4.15. The van der Waals surface area contributed by atoms with Gasteiger partial charge < -0.3 is 9.47 Å². The van der Waals surface area contributed by atoms with Crippen LogP contribution in [0.3, 0.4) is 0 Å². The van der Waals surface area contributed by atoms with Gasteiger partial charge in [-0.3, -0.25) is 14.9 Å². The van der Waals surface area contributed by atoms with E-state index in [1.807, 2.05) is 35.2 Å². The summed E-state index contributed by atoms with van der Waals surface area (Å²) in [7, 11) is -1.19. The van der Waals surface area contributed by atoms with E-state index in [1.54, 1.807) is 29.9 Å². The second-order valence-electron chi connectivity index (χ2n) is 10.3. The molecule has 0 saturated heterocycles. The van der Waals surface area contributed by atoms with Crippen LogP contribution in [-0.4, -0.2) is 46.6 Å². The third kappa shape index (κ3) is 6.24. The van der Waals surface area contributed by atoms with Crippen LogP contribution in [0.5, 0.6) is 11.5 Å². The third-order valence-corrected chi connectivity index (χ3v) is 9.04. The second-order valence-corrected chi connectivity index (χ2v) is 17.0. The molecule has 1 fully saturated rings. The Morgan fingerprint density at radius 1 is 1.03 bits per heavy atom. The lowest BCUT2D eigenvalue weighted by Crippen LogP contribution is -2.26. The van der Waals surface area contributed by atoms with E-state index in [-0.39, 0.29) is 0 Å². The molecule has 1 aliphatic rings. The van der Waals surface area contributed by atoms with Crippen molar-refractivity contribution in [2.75, 3.05) is 18.2 Å². The van der Waals surface area contributed by atoms with Crippen molar-refractivity contribution in [1.29, 1.82) is 0 Å². The Kier molecular flexibility index (Phi) is 7.54. The molecule has 0 aliphatic heterocycles. The maximum absolute atomic E-state index is 6.14. The normalized spacial score (nSPS) is 14.4. The molecule has 0 atom stereocenters. The summed E-state index contributed by atoms with van der Waals surface area (Å²) in [5, 5.41) is 11.0. The van der Waals surface area contributed by atoms with Crippen LogP contribution < -0.4 is 9.64 Å². The molecule has 188 valence electrons. The van der Waals surface area contributed by atoms with E-state index in [0.717, 1.165) is 39.6 Å². The number of fused-ring (bicyclic) bond motifs is 1. The highest BCUT2D eigenvalue weighted by atomic mass is 32.1. The van der Waals surface area contributed by atoms with Gasteiger partial charge in [-0.1, -0.05) is 43.8 Å². The molecule has 0 amide bonds. The maximum atomic E-state index is 6.14. The van der Waals surface area contributed by atoms with Gasteiger partial charge in [0.1, 0.15) is 29.1 Å². The molecular formula is C26H32N6O2SSi. The molecule has 1 aliphatic carbocycles. The number of rotatable bonds is 10. The van der Waals surface area contributed by atoms with Crippen LogP contribution in [0.15, 0.2) is 48.9 Å². The van der Waals surface area contributed by atoms with Crippen LogP contribution in [0.1, 0.15) is 36.6 Å². The third-order valence-electron chi connectivity index (χ3n) is 6.23. The quantitative estimate of drug-likeness (QED) is 0.129. The second kappa shape index (κ2) is 11.0. The molecular weight excluding hydrogens is 488 g/mol. The first kappa shape index (κ1) is 24.7. The lowest BCUT2D eigenvalue weighted by molar-refractivity contribution is 0.153. The van der Waals surface area contributed by atoms with Crippen LogP contribution in [0.4, 0.5) is 10.9 Å². The minimum Gasteiger partial charge on any atom is -0.454 e. The lowest BCUT2D eigenvalue weighted by Gasteiger charge is -2.22. The summed E-state index contributed by atoms with van der Waals surface area (Å²) in [6.07, 6.45) is 10.0. The monoisotopic (exact) mass is 520 g/mol. The molecule has 8 nitrogen and oxygen atoms in total. The van der Waals surface area contributed by atoms with Crippen molar-refractivity contribution in [3.05, 3.63) is 53.9 Å². The number of ether oxygens (including phenoxy) is 2. The summed E-state index contributed by atoms with van der Waals surface area (Å²) < 4.78 is 12.1. The predicted molar refractivity (Wildman–Crippen MR) is 146 cm³/mol. The highest BCUT2D eigenvalue weighted by molar-refractivity contribution is 7.15. The summed E-state index contributed by atoms with van der Waals surface area (Å²) in [5.74, 6) is 2.54. The molecule has 0 aromatic carbocycles. The highest BCUT2D eigenvalue weighted by Gasteiger charge is 2.24. The number of aromatic nitrogens is 5. The minimum atomic E-state index is -1.19. The molecule has 0 N–H and O–H groups in total. The van der Waals surface area contributed by atoms with E-state index < -0.39 is 8.07 Å². The maximum Gasteiger partial charge on any atom is 0.215 e. The van der Waals surface area contributed by atoms with E-state index >= 15 is 0 Å². The van der Waals surface area contributed by atoms with Crippen molar-refractivity contribution in [2.24, 2.45) is 0 Å². The SMILES string of the molecule is C[Si](C)(C)CCOCN(c1ccc2ncc(Oc3cccnc3)cc2n1)c1nnc(C2CCCC2)s1. The largest absolute Gasteiger partial charge is 0.454 e. The van der Waals surface area contributed by atoms with Crippen molar-refractivity contribution >= 4 is 41.4 Å². The van der Waals surface area contributed by atoms with Crippen LogP contribution in [0.25, 0.3) is 11.0 Å². The van der Waals surface area contributed by atoms with Crippen molar-refractivity contribution in [1.82, 2.24) is 25.1 Å². The Morgan fingerprint density at radius 2 is 1.89 bits per heavy atom. The van der Waals surface area contributed by atoms with Gasteiger partial charge in [0.05, 0.1) is 23.4 Å². The summed E-state index contributed by atoms with van der Waals surface area (Å²) >= 11 is 1.65. The molecule has 10 heteroatoms. The molecule has 0 spiro atoms. The van der Waals surface area contributed by atoms with Crippen LogP contribution in [0.2, 0.25) is 25.7 Å². The predicted octanol–water partition coefficient (Wildman–Crippen LogP) is 6.78. The Bertz CT molecular complexity index is 1290. The van der Waals surface area contributed by atoms with Gasteiger partial charge in [0.25, 0.3) is 0 Å². The van der Waals surface area contributed by atoms with Gasteiger partial charge in [-0.25, -0.2) is 4.98 Å². The standard InChI is InChI=1S/C26H32N6O2SSi/c1-36(2,3)14-13-33-18-32(26-31-30-25(35-26)19-7-4-5-8-19)24-11-10-22-23(29-24)15-21(17-28-22)34-20-9-6-12-27-16-20/h6,9-12,15-17,19H,4-5,7-8,13-14,18H2,1-3H3. The van der Waals surface area contributed by atoms with Crippen molar-refractivity contribution < 1.29 is 9.47 Å². The summed E-state index contributed by atoms with van der Waals surface area (Å²) in [6.45, 7) is 8.17. The van der Waals surface area contributed by atoms with Gasteiger partial charge >= 0.3 is 0 Å².